The van der Waals surface area contributed by atoms with E-state index >= 15 is 0 Å². The maximum Gasteiger partial charge on any atom is 0.263 e. The molecule has 0 unspecified atom stereocenters. The molecule has 0 spiro atoms. The second-order valence-corrected chi connectivity index (χ2v) is 8.85. The van der Waals surface area contributed by atoms with Gasteiger partial charge in [0.05, 0.1) is 5.39 Å². The molecule has 0 atom stereocenters. The summed E-state index contributed by atoms with van der Waals surface area (Å²) >= 11 is 0. The lowest BCUT2D eigenvalue weighted by molar-refractivity contribution is -0.121. The normalized spacial score (nSPS) is 15.9. The summed E-state index contributed by atoms with van der Waals surface area (Å²) in [6, 6.07) is 10.5. The summed E-state index contributed by atoms with van der Waals surface area (Å²) in [4.78, 5) is 36.7. The maximum absolute atomic E-state index is 12.9. The van der Waals surface area contributed by atoms with Crippen LogP contribution in [0.15, 0.2) is 41.5 Å². The van der Waals surface area contributed by atoms with E-state index in [0.717, 1.165) is 69.4 Å². The predicted molar refractivity (Wildman–Crippen MR) is 123 cm³/mol. The van der Waals surface area contributed by atoms with E-state index in [2.05, 4.69) is 44.5 Å². The van der Waals surface area contributed by atoms with Crippen molar-refractivity contribution in [1.29, 1.82) is 0 Å². The molecule has 0 bridgehead atoms. The number of carbonyl (C=O) groups excluding carboxylic acids is 1. The van der Waals surface area contributed by atoms with E-state index in [1.807, 2.05) is 6.07 Å². The van der Waals surface area contributed by atoms with Crippen LogP contribution in [-0.4, -0.2) is 45.0 Å². The van der Waals surface area contributed by atoms with Gasteiger partial charge in [0.2, 0.25) is 5.91 Å². The zero-order valence-corrected chi connectivity index (χ0v) is 18.3. The fourth-order valence-electron chi connectivity index (χ4n) is 4.81. The highest BCUT2D eigenvalue weighted by atomic mass is 16.2. The van der Waals surface area contributed by atoms with Crippen molar-refractivity contribution in [3.63, 3.8) is 0 Å². The summed E-state index contributed by atoms with van der Waals surface area (Å²) in [6.45, 7) is 3.56. The van der Waals surface area contributed by atoms with E-state index in [1.165, 1.54) is 22.0 Å². The summed E-state index contributed by atoms with van der Waals surface area (Å²) in [5.41, 5.74) is 5.34. The maximum atomic E-state index is 12.9. The van der Waals surface area contributed by atoms with E-state index in [9.17, 15) is 9.59 Å². The summed E-state index contributed by atoms with van der Waals surface area (Å²) in [7, 11) is 0. The molecule has 2 aromatic heterocycles. The fourth-order valence-corrected chi connectivity index (χ4v) is 4.81. The number of aromatic nitrogens is 3. The van der Waals surface area contributed by atoms with Crippen LogP contribution in [0.3, 0.4) is 0 Å². The Morgan fingerprint density at radius 2 is 1.91 bits per heavy atom. The number of nitrogens with one attached hydrogen (secondary N) is 1. The molecule has 0 saturated heterocycles. The van der Waals surface area contributed by atoms with Crippen LogP contribution in [0.4, 0.5) is 0 Å². The first-order chi connectivity index (χ1) is 15.7. The molecule has 1 aliphatic carbocycles. The number of hydrogen-bond acceptors (Lipinski definition) is 5. The molecule has 3 aromatic rings. The van der Waals surface area contributed by atoms with Crippen LogP contribution in [0, 0.1) is 0 Å². The number of nitrogens with zero attached hydrogens (tertiary/aromatic N) is 4. The van der Waals surface area contributed by atoms with Gasteiger partial charge in [0.25, 0.3) is 5.56 Å². The molecule has 1 aromatic carbocycles. The Morgan fingerprint density at radius 1 is 1.06 bits per heavy atom. The highest BCUT2D eigenvalue weighted by Crippen LogP contribution is 2.21. The molecule has 1 aliphatic heterocycles. The van der Waals surface area contributed by atoms with E-state index in [4.69, 9.17) is 0 Å². The number of rotatable bonds is 6. The van der Waals surface area contributed by atoms with Crippen LogP contribution in [0.1, 0.15) is 41.6 Å². The van der Waals surface area contributed by atoms with Gasteiger partial charge < -0.3 is 5.32 Å². The molecule has 5 rings (SSSR count). The van der Waals surface area contributed by atoms with Crippen molar-refractivity contribution in [3.05, 3.63) is 69.4 Å². The molecule has 2 aliphatic rings. The first-order valence-corrected chi connectivity index (χ1v) is 11.6. The van der Waals surface area contributed by atoms with Crippen LogP contribution in [0.2, 0.25) is 0 Å². The molecular weight excluding hydrogens is 402 g/mol. The van der Waals surface area contributed by atoms with Gasteiger partial charge >= 0.3 is 0 Å². The Bertz CT molecular complexity index is 1200. The lowest BCUT2D eigenvalue weighted by Crippen LogP contribution is -2.36. The predicted octanol–water partition coefficient (Wildman–Crippen LogP) is 2.23. The van der Waals surface area contributed by atoms with Crippen molar-refractivity contribution in [1.82, 2.24) is 24.8 Å². The first kappa shape index (κ1) is 20.8. The van der Waals surface area contributed by atoms with Gasteiger partial charge in [-0.05, 0) is 61.3 Å². The number of amides is 1. The van der Waals surface area contributed by atoms with Crippen molar-refractivity contribution in [3.8, 4) is 0 Å². The van der Waals surface area contributed by atoms with Gasteiger partial charge in [-0.1, -0.05) is 24.3 Å². The monoisotopic (exact) mass is 431 g/mol. The second-order valence-electron chi connectivity index (χ2n) is 8.85. The molecule has 32 heavy (non-hydrogen) atoms. The van der Waals surface area contributed by atoms with Crippen LogP contribution >= 0.6 is 0 Å². The molecule has 166 valence electrons. The standard InChI is InChI=1S/C25H29N5O2/c31-23(26-11-5-12-29-13-10-18-6-1-2-8-20(18)15-29)16-30-17-27-24-21(25(30)32)14-19-7-3-4-9-22(19)28-24/h1-2,6,8,14,17H,3-5,7,9-13,15-16H2,(H,26,31). The summed E-state index contributed by atoms with van der Waals surface area (Å²) in [6.07, 6.45) is 7.57. The average molecular weight is 432 g/mol. The molecular formula is C25H29N5O2. The van der Waals surface area contributed by atoms with Gasteiger partial charge in [-0.2, -0.15) is 0 Å². The lowest BCUT2D eigenvalue weighted by atomic mass is 9.95. The number of benzene rings is 1. The number of carbonyl (C=O) groups is 1. The van der Waals surface area contributed by atoms with Crippen molar-refractivity contribution in [2.45, 2.75) is 51.6 Å². The Kier molecular flexibility index (Phi) is 5.99. The van der Waals surface area contributed by atoms with Gasteiger partial charge in [0.1, 0.15) is 12.9 Å². The Labute approximate surface area is 187 Å². The van der Waals surface area contributed by atoms with Crippen LogP contribution in [-0.2, 0) is 37.1 Å². The third-order valence-corrected chi connectivity index (χ3v) is 6.59. The van der Waals surface area contributed by atoms with Crippen LogP contribution < -0.4 is 10.9 Å². The second kappa shape index (κ2) is 9.20. The summed E-state index contributed by atoms with van der Waals surface area (Å²) in [5, 5.41) is 3.45. The van der Waals surface area contributed by atoms with Crippen molar-refractivity contribution >= 4 is 16.9 Å². The Morgan fingerprint density at radius 3 is 2.81 bits per heavy atom. The number of pyridine rings is 1. The van der Waals surface area contributed by atoms with E-state index in [1.54, 1.807) is 0 Å². The molecule has 1 N–H and O–H groups in total. The minimum atomic E-state index is -0.196. The highest BCUT2D eigenvalue weighted by molar-refractivity contribution is 5.77. The molecule has 7 nitrogen and oxygen atoms in total. The molecule has 0 radical (unpaired) electrons. The average Bonchev–Trinajstić information content (AvgIpc) is 2.82. The quantitative estimate of drug-likeness (QED) is 0.606. The van der Waals surface area contributed by atoms with Gasteiger partial charge in [-0.3, -0.25) is 19.1 Å². The first-order valence-electron chi connectivity index (χ1n) is 11.6. The van der Waals surface area contributed by atoms with Crippen LogP contribution in [0.25, 0.3) is 11.0 Å². The number of aryl methyl sites for hydroxylation is 2. The summed E-state index contributed by atoms with van der Waals surface area (Å²) in [5.74, 6) is -0.164. The van der Waals surface area contributed by atoms with Gasteiger partial charge in [0.15, 0.2) is 5.65 Å². The highest BCUT2D eigenvalue weighted by Gasteiger charge is 2.17. The number of hydrogen-bond donors (Lipinski definition) is 1. The molecule has 0 saturated carbocycles. The lowest BCUT2D eigenvalue weighted by Gasteiger charge is -2.28. The van der Waals surface area contributed by atoms with E-state index in [-0.39, 0.29) is 18.0 Å². The van der Waals surface area contributed by atoms with Crippen molar-refractivity contribution < 1.29 is 4.79 Å². The SMILES string of the molecule is O=C(Cn1cnc2nc3c(cc2c1=O)CCCC3)NCCCN1CCc2ccccc2C1. The fraction of sp³-hybridized carbons (Fsp3) is 0.440. The molecule has 7 heteroatoms. The van der Waals surface area contributed by atoms with Crippen LogP contribution in [0.5, 0.6) is 0 Å². The summed E-state index contributed by atoms with van der Waals surface area (Å²) < 4.78 is 1.39. The Balaban J connectivity index is 1.14. The smallest absolute Gasteiger partial charge is 0.263 e. The third kappa shape index (κ3) is 4.43. The van der Waals surface area contributed by atoms with Gasteiger partial charge in [-0.15, -0.1) is 0 Å². The third-order valence-electron chi connectivity index (χ3n) is 6.59. The molecule has 3 heterocycles. The van der Waals surface area contributed by atoms with Gasteiger partial charge in [-0.25, -0.2) is 9.97 Å². The minimum Gasteiger partial charge on any atom is -0.354 e. The molecule has 0 fully saturated rings. The topological polar surface area (TPSA) is 80.1 Å². The number of fused-ring (bicyclic) bond motifs is 3. The largest absolute Gasteiger partial charge is 0.354 e. The van der Waals surface area contributed by atoms with Crippen molar-refractivity contribution in [2.24, 2.45) is 0 Å². The Hall–Kier alpha value is -3.06. The molecule has 1 amide bonds. The minimum absolute atomic E-state index is 0.0179. The zero-order chi connectivity index (χ0) is 21.9. The van der Waals surface area contributed by atoms with E-state index in [0.29, 0.717) is 17.6 Å². The zero-order valence-electron chi connectivity index (χ0n) is 18.3. The van der Waals surface area contributed by atoms with Gasteiger partial charge in [0, 0.05) is 31.9 Å². The van der Waals surface area contributed by atoms with E-state index < -0.39 is 0 Å². The van der Waals surface area contributed by atoms with Crippen molar-refractivity contribution in [2.75, 3.05) is 19.6 Å².